The zero-order chi connectivity index (χ0) is 17.9. The van der Waals surface area contributed by atoms with E-state index in [1.54, 1.807) is 7.11 Å². The second-order valence-electron chi connectivity index (χ2n) is 6.70. The first-order chi connectivity index (χ1) is 12.8. The summed E-state index contributed by atoms with van der Waals surface area (Å²) >= 11 is 0. The molecule has 0 radical (unpaired) electrons. The minimum absolute atomic E-state index is 0.0975. The van der Waals surface area contributed by atoms with Crippen molar-refractivity contribution >= 4 is 10.8 Å². The number of benzene rings is 2. The molecule has 5 nitrogen and oxygen atoms in total. The van der Waals surface area contributed by atoms with Crippen molar-refractivity contribution < 1.29 is 9.47 Å². The van der Waals surface area contributed by atoms with E-state index >= 15 is 0 Å². The highest BCUT2D eigenvalue weighted by Crippen LogP contribution is 2.28. The first-order valence-electron chi connectivity index (χ1n) is 9.18. The fourth-order valence-corrected chi connectivity index (χ4v) is 3.60. The minimum atomic E-state index is 0.0975. The fourth-order valence-electron chi connectivity index (χ4n) is 3.60. The van der Waals surface area contributed by atoms with Crippen LogP contribution in [0, 0.1) is 0 Å². The Morgan fingerprint density at radius 1 is 1.19 bits per heavy atom. The number of fused-ring (bicyclic) bond motifs is 1. The molecule has 2 heterocycles. The summed E-state index contributed by atoms with van der Waals surface area (Å²) in [7, 11) is 1.70. The summed E-state index contributed by atoms with van der Waals surface area (Å²) < 4.78 is 13.6. The van der Waals surface area contributed by atoms with Gasteiger partial charge in [0.2, 0.25) is 0 Å². The lowest BCUT2D eigenvalue weighted by Crippen LogP contribution is -2.38. The smallest absolute Gasteiger partial charge is 0.122 e. The van der Waals surface area contributed by atoms with Gasteiger partial charge in [-0.2, -0.15) is 0 Å². The van der Waals surface area contributed by atoms with Crippen LogP contribution in [-0.4, -0.2) is 41.3 Å². The molecule has 0 amide bonds. The van der Waals surface area contributed by atoms with Gasteiger partial charge < -0.3 is 14.0 Å². The van der Waals surface area contributed by atoms with Gasteiger partial charge in [0.05, 0.1) is 26.4 Å². The molecule has 1 saturated heterocycles. The lowest BCUT2D eigenvalue weighted by molar-refractivity contribution is -0.0338. The number of morpholine rings is 1. The first-order valence-corrected chi connectivity index (χ1v) is 9.18. The van der Waals surface area contributed by atoms with Crippen LogP contribution in [0.25, 0.3) is 10.8 Å². The molecular weight excluding hydrogens is 326 g/mol. The SMILES string of the molecule is CCn1ccnc1CN1CCO[C@H](c2ccc3cc(OC)ccc3c2)C1. The Labute approximate surface area is 154 Å². The number of imidazole rings is 1. The largest absolute Gasteiger partial charge is 0.497 e. The van der Waals surface area contributed by atoms with E-state index in [4.69, 9.17) is 9.47 Å². The number of rotatable bonds is 5. The van der Waals surface area contributed by atoms with Gasteiger partial charge in [-0.1, -0.05) is 18.2 Å². The van der Waals surface area contributed by atoms with E-state index in [1.165, 1.54) is 16.3 Å². The molecule has 1 aliphatic rings. The van der Waals surface area contributed by atoms with Gasteiger partial charge in [0.1, 0.15) is 11.6 Å². The zero-order valence-electron chi connectivity index (χ0n) is 15.4. The molecule has 0 unspecified atom stereocenters. The van der Waals surface area contributed by atoms with Gasteiger partial charge in [-0.15, -0.1) is 0 Å². The maximum absolute atomic E-state index is 6.07. The second-order valence-corrected chi connectivity index (χ2v) is 6.70. The van der Waals surface area contributed by atoms with Crippen LogP contribution in [0.1, 0.15) is 24.4 Å². The summed E-state index contributed by atoms with van der Waals surface area (Å²) in [6.07, 6.45) is 4.03. The number of methoxy groups -OCH3 is 1. The molecule has 26 heavy (non-hydrogen) atoms. The standard InChI is InChI=1S/C21H25N3O2/c1-3-24-9-8-22-21(24)15-23-10-11-26-20(14-23)18-5-4-17-13-19(25-2)7-6-16(17)12-18/h4-9,12-13,20H,3,10-11,14-15H2,1-2H3/t20-/m0/s1. The molecule has 1 aliphatic heterocycles. The maximum atomic E-state index is 6.07. The molecule has 0 bridgehead atoms. The highest BCUT2D eigenvalue weighted by atomic mass is 16.5. The molecule has 1 aromatic heterocycles. The highest BCUT2D eigenvalue weighted by molar-refractivity contribution is 5.84. The van der Waals surface area contributed by atoms with Gasteiger partial charge in [0.25, 0.3) is 0 Å². The number of hydrogen-bond donors (Lipinski definition) is 0. The quantitative estimate of drug-likeness (QED) is 0.704. The van der Waals surface area contributed by atoms with Crippen LogP contribution < -0.4 is 4.74 Å². The third-order valence-electron chi connectivity index (χ3n) is 5.10. The van der Waals surface area contributed by atoms with E-state index in [2.05, 4.69) is 51.7 Å². The van der Waals surface area contributed by atoms with Crippen LogP contribution >= 0.6 is 0 Å². The Hall–Kier alpha value is -2.37. The molecule has 136 valence electrons. The van der Waals surface area contributed by atoms with Crippen molar-refractivity contribution in [3.05, 3.63) is 60.2 Å². The molecule has 0 spiro atoms. The molecule has 3 aromatic rings. The number of aromatic nitrogens is 2. The van der Waals surface area contributed by atoms with Crippen molar-refractivity contribution in [3.8, 4) is 5.75 Å². The third-order valence-corrected chi connectivity index (χ3v) is 5.10. The van der Waals surface area contributed by atoms with Crippen molar-refractivity contribution in [2.45, 2.75) is 26.1 Å². The Bertz CT molecular complexity index is 890. The van der Waals surface area contributed by atoms with E-state index in [-0.39, 0.29) is 6.10 Å². The van der Waals surface area contributed by atoms with Crippen LogP contribution in [0.3, 0.4) is 0 Å². The van der Waals surface area contributed by atoms with Gasteiger partial charge in [0.15, 0.2) is 0 Å². The predicted molar refractivity (Wildman–Crippen MR) is 102 cm³/mol. The molecule has 1 atom stereocenters. The van der Waals surface area contributed by atoms with Crippen molar-refractivity contribution in [1.82, 2.24) is 14.5 Å². The minimum Gasteiger partial charge on any atom is -0.497 e. The monoisotopic (exact) mass is 351 g/mol. The normalized spacial score (nSPS) is 18.3. The number of ether oxygens (including phenoxy) is 2. The predicted octanol–water partition coefficient (Wildman–Crippen LogP) is 3.64. The summed E-state index contributed by atoms with van der Waals surface area (Å²) in [5, 5.41) is 2.40. The Kier molecular flexibility index (Phi) is 4.91. The van der Waals surface area contributed by atoms with E-state index in [1.807, 2.05) is 18.5 Å². The Morgan fingerprint density at radius 3 is 2.88 bits per heavy atom. The Balaban J connectivity index is 1.51. The average Bonchev–Trinajstić information content (AvgIpc) is 3.14. The molecule has 0 aliphatic carbocycles. The van der Waals surface area contributed by atoms with Crippen LogP contribution in [0.4, 0.5) is 0 Å². The molecular formula is C21H25N3O2. The average molecular weight is 351 g/mol. The third kappa shape index (κ3) is 3.45. The number of nitrogens with zero attached hydrogens (tertiary/aromatic N) is 3. The molecule has 2 aromatic carbocycles. The summed E-state index contributed by atoms with van der Waals surface area (Å²) in [6, 6.07) is 12.7. The summed E-state index contributed by atoms with van der Waals surface area (Å²) in [5.41, 5.74) is 1.23. The lowest BCUT2D eigenvalue weighted by atomic mass is 10.0. The molecule has 4 rings (SSSR count). The molecule has 0 N–H and O–H groups in total. The van der Waals surface area contributed by atoms with Crippen LogP contribution in [0.2, 0.25) is 0 Å². The van der Waals surface area contributed by atoms with Crippen molar-refractivity contribution in [2.24, 2.45) is 0 Å². The highest BCUT2D eigenvalue weighted by Gasteiger charge is 2.23. The van der Waals surface area contributed by atoms with Gasteiger partial charge in [0, 0.05) is 32.0 Å². The van der Waals surface area contributed by atoms with Crippen LogP contribution in [0.15, 0.2) is 48.8 Å². The topological polar surface area (TPSA) is 39.5 Å². The Morgan fingerprint density at radius 2 is 2.04 bits per heavy atom. The second kappa shape index (κ2) is 7.48. The molecule has 0 saturated carbocycles. The van der Waals surface area contributed by atoms with Crippen molar-refractivity contribution in [1.29, 1.82) is 0 Å². The fraction of sp³-hybridized carbons (Fsp3) is 0.381. The van der Waals surface area contributed by atoms with Gasteiger partial charge in [-0.25, -0.2) is 4.98 Å². The number of hydrogen-bond acceptors (Lipinski definition) is 4. The molecule has 1 fully saturated rings. The summed E-state index contributed by atoms with van der Waals surface area (Å²) in [4.78, 5) is 6.94. The molecule has 5 heteroatoms. The zero-order valence-corrected chi connectivity index (χ0v) is 15.4. The maximum Gasteiger partial charge on any atom is 0.122 e. The van der Waals surface area contributed by atoms with Gasteiger partial charge in [-0.05, 0) is 41.5 Å². The lowest BCUT2D eigenvalue weighted by Gasteiger charge is -2.33. The van der Waals surface area contributed by atoms with E-state index in [0.29, 0.717) is 0 Å². The van der Waals surface area contributed by atoms with Crippen LogP contribution in [0.5, 0.6) is 5.75 Å². The van der Waals surface area contributed by atoms with E-state index in [0.717, 1.165) is 44.4 Å². The van der Waals surface area contributed by atoms with Crippen molar-refractivity contribution in [3.63, 3.8) is 0 Å². The number of aryl methyl sites for hydroxylation is 1. The van der Waals surface area contributed by atoms with Crippen LogP contribution in [-0.2, 0) is 17.8 Å². The first kappa shape index (κ1) is 17.1. The summed E-state index contributed by atoms with van der Waals surface area (Å²) in [6.45, 7) is 6.55. The van der Waals surface area contributed by atoms with E-state index in [9.17, 15) is 0 Å². The van der Waals surface area contributed by atoms with Gasteiger partial charge >= 0.3 is 0 Å². The van der Waals surface area contributed by atoms with Crippen molar-refractivity contribution in [2.75, 3.05) is 26.8 Å². The van der Waals surface area contributed by atoms with Gasteiger partial charge in [-0.3, -0.25) is 4.90 Å². The summed E-state index contributed by atoms with van der Waals surface area (Å²) in [5.74, 6) is 2.01. The van der Waals surface area contributed by atoms with E-state index < -0.39 is 0 Å².